The van der Waals surface area contributed by atoms with Crippen LogP contribution in [0.25, 0.3) is 5.69 Å². The van der Waals surface area contributed by atoms with Crippen molar-refractivity contribution < 1.29 is 13.9 Å². The lowest BCUT2D eigenvalue weighted by Gasteiger charge is -2.06. The van der Waals surface area contributed by atoms with Crippen LogP contribution < -0.4 is 10.1 Å². The van der Waals surface area contributed by atoms with E-state index < -0.39 is 0 Å². The molecular weight excluding hydrogens is 323 g/mol. The number of amides is 1. The summed E-state index contributed by atoms with van der Waals surface area (Å²) in [6.45, 7) is 2.40. The number of hydrogen-bond donors (Lipinski definition) is 1. The van der Waals surface area contributed by atoms with Crippen LogP contribution in [0.5, 0.6) is 5.75 Å². The van der Waals surface area contributed by atoms with Gasteiger partial charge in [-0.1, -0.05) is 18.2 Å². The van der Waals surface area contributed by atoms with Crippen LogP contribution >= 0.6 is 0 Å². The highest BCUT2D eigenvalue weighted by Crippen LogP contribution is 2.11. The molecule has 0 unspecified atom stereocenters. The van der Waals surface area contributed by atoms with Crippen molar-refractivity contribution in [3.63, 3.8) is 0 Å². The number of rotatable bonds is 6. The number of para-hydroxylation sites is 1. The zero-order valence-electron chi connectivity index (χ0n) is 13.6. The molecule has 3 rings (SSSR count). The molecule has 2 aromatic carbocycles. The topological polar surface area (TPSA) is 69.0 Å². The van der Waals surface area contributed by atoms with Crippen LogP contribution in [0.4, 0.5) is 4.39 Å². The molecule has 0 spiro atoms. The molecule has 0 bridgehead atoms. The minimum atomic E-state index is -0.388. The van der Waals surface area contributed by atoms with Gasteiger partial charge in [0.05, 0.1) is 12.2 Å². The molecule has 0 radical (unpaired) electrons. The van der Waals surface area contributed by atoms with E-state index in [1.54, 1.807) is 19.1 Å². The van der Waals surface area contributed by atoms with Gasteiger partial charge in [-0.3, -0.25) is 4.79 Å². The summed E-state index contributed by atoms with van der Waals surface area (Å²) in [5.41, 5.74) is 0.637. The number of nitrogens with zero attached hydrogens (tertiary/aromatic N) is 3. The van der Waals surface area contributed by atoms with Crippen molar-refractivity contribution >= 4 is 5.91 Å². The SMILES string of the molecule is Cc1nc(C(=O)NCCOc2ccccc2)nn1-c1ccc(F)cc1. The van der Waals surface area contributed by atoms with Crippen molar-refractivity contribution in [2.75, 3.05) is 13.2 Å². The smallest absolute Gasteiger partial charge is 0.291 e. The van der Waals surface area contributed by atoms with Gasteiger partial charge in [0.25, 0.3) is 5.91 Å². The fourth-order valence-electron chi connectivity index (χ4n) is 2.24. The Balaban J connectivity index is 1.57. The van der Waals surface area contributed by atoms with E-state index in [2.05, 4.69) is 15.4 Å². The first-order valence-corrected chi connectivity index (χ1v) is 7.79. The lowest BCUT2D eigenvalue weighted by molar-refractivity contribution is 0.0936. The molecule has 0 aliphatic heterocycles. The summed E-state index contributed by atoms with van der Waals surface area (Å²) in [4.78, 5) is 16.3. The first kappa shape index (κ1) is 16.6. The number of aryl methyl sites for hydroxylation is 1. The van der Waals surface area contributed by atoms with Gasteiger partial charge in [0.2, 0.25) is 5.82 Å². The fraction of sp³-hybridized carbons (Fsp3) is 0.167. The number of nitrogens with one attached hydrogen (secondary N) is 1. The molecule has 128 valence electrons. The minimum Gasteiger partial charge on any atom is -0.492 e. The molecule has 0 aliphatic rings. The second kappa shape index (κ2) is 7.57. The number of aromatic nitrogens is 3. The van der Waals surface area contributed by atoms with E-state index >= 15 is 0 Å². The molecule has 6 nitrogen and oxygen atoms in total. The van der Waals surface area contributed by atoms with Crippen LogP contribution in [0, 0.1) is 12.7 Å². The van der Waals surface area contributed by atoms with Gasteiger partial charge in [-0.2, -0.15) is 0 Å². The molecule has 0 saturated carbocycles. The van der Waals surface area contributed by atoms with Gasteiger partial charge in [-0.25, -0.2) is 14.1 Å². The summed E-state index contributed by atoms with van der Waals surface area (Å²) in [6, 6.07) is 15.2. The number of halogens is 1. The van der Waals surface area contributed by atoms with Gasteiger partial charge in [0, 0.05) is 0 Å². The second-order valence-electron chi connectivity index (χ2n) is 5.29. The molecular formula is C18H17FN4O2. The maximum absolute atomic E-state index is 13.0. The molecule has 7 heteroatoms. The van der Waals surface area contributed by atoms with E-state index in [1.807, 2.05) is 30.3 Å². The predicted octanol–water partition coefficient (Wildman–Crippen LogP) is 2.52. The number of carbonyl (C=O) groups excluding carboxylic acids is 1. The van der Waals surface area contributed by atoms with Crippen molar-refractivity contribution in [1.82, 2.24) is 20.1 Å². The average molecular weight is 340 g/mol. The second-order valence-corrected chi connectivity index (χ2v) is 5.29. The quantitative estimate of drug-likeness (QED) is 0.700. The van der Waals surface area contributed by atoms with Crippen LogP contribution in [-0.2, 0) is 0 Å². The molecule has 1 heterocycles. The monoisotopic (exact) mass is 340 g/mol. The Labute approximate surface area is 144 Å². The van der Waals surface area contributed by atoms with Crippen molar-refractivity contribution in [3.05, 3.63) is 72.1 Å². The molecule has 0 fully saturated rings. The minimum absolute atomic E-state index is 0.0570. The summed E-state index contributed by atoms with van der Waals surface area (Å²) in [5, 5.41) is 6.88. The maximum Gasteiger partial charge on any atom is 0.291 e. The van der Waals surface area contributed by atoms with E-state index in [9.17, 15) is 9.18 Å². The summed E-state index contributed by atoms with van der Waals surface area (Å²) < 4.78 is 20.0. The molecule has 1 amide bonds. The van der Waals surface area contributed by atoms with Gasteiger partial charge in [-0.15, -0.1) is 5.10 Å². The first-order valence-electron chi connectivity index (χ1n) is 7.79. The molecule has 1 N–H and O–H groups in total. The van der Waals surface area contributed by atoms with Gasteiger partial charge >= 0.3 is 0 Å². The number of hydrogen-bond acceptors (Lipinski definition) is 4. The number of benzene rings is 2. The predicted molar refractivity (Wildman–Crippen MR) is 90.3 cm³/mol. The van der Waals surface area contributed by atoms with Gasteiger partial charge in [0.1, 0.15) is 24.0 Å². The van der Waals surface area contributed by atoms with Gasteiger partial charge in [-0.05, 0) is 43.3 Å². The van der Waals surface area contributed by atoms with E-state index in [1.165, 1.54) is 16.8 Å². The fourth-order valence-corrected chi connectivity index (χ4v) is 2.24. The van der Waals surface area contributed by atoms with Crippen LogP contribution in [0.15, 0.2) is 54.6 Å². The third kappa shape index (κ3) is 4.20. The normalized spacial score (nSPS) is 10.5. The summed E-state index contributed by atoms with van der Waals surface area (Å²) >= 11 is 0. The van der Waals surface area contributed by atoms with E-state index in [0.717, 1.165) is 5.75 Å². The Hall–Kier alpha value is -3.22. The zero-order valence-corrected chi connectivity index (χ0v) is 13.6. The maximum atomic E-state index is 13.0. The lowest BCUT2D eigenvalue weighted by Crippen LogP contribution is -2.29. The van der Waals surface area contributed by atoms with Crippen LogP contribution in [0.3, 0.4) is 0 Å². The highest BCUT2D eigenvalue weighted by molar-refractivity contribution is 5.90. The molecule has 1 aromatic heterocycles. The number of ether oxygens (including phenoxy) is 1. The highest BCUT2D eigenvalue weighted by atomic mass is 19.1. The molecule has 3 aromatic rings. The van der Waals surface area contributed by atoms with Crippen molar-refractivity contribution in [2.45, 2.75) is 6.92 Å². The van der Waals surface area contributed by atoms with Crippen molar-refractivity contribution in [2.24, 2.45) is 0 Å². The largest absolute Gasteiger partial charge is 0.492 e. The van der Waals surface area contributed by atoms with E-state index in [-0.39, 0.29) is 17.5 Å². The molecule has 0 aliphatic carbocycles. The Kier molecular flexibility index (Phi) is 5.03. The summed E-state index contributed by atoms with van der Waals surface area (Å²) in [6.07, 6.45) is 0. The lowest BCUT2D eigenvalue weighted by atomic mass is 10.3. The van der Waals surface area contributed by atoms with Crippen LogP contribution in [0.2, 0.25) is 0 Å². The Bertz CT molecular complexity index is 847. The van der Waals surface area contributed by atoms with Gasteiger partial charge in [0.15, 0.2) is 0 Å². The zero-order chi connectivity index (χ0) is 17.6. The molecule has 0 saturated heterocycles. The Morgan fingerprint density at radius 1 is 1.16 bits per heavy atom. The summed E-state index contributed by atoms with van der Waals surface area (Å²) in [7, 11) is 0. The standard InChI is InChI=1S/C18H17FN4O2/c1-13-21-17(22-23(13)15-9-7-14(19)8-10-15)18(24)20-11-12-25-16-5-3-2-4-6-16/h2-10H,11-12H2,1H3,(H,20,24). The summed E-state index contributed by atoms with van der Waals surface area (Å²) in [5.74, 6) is 0.615. The van der Waals surface area contributed by atoms with E-state index in [0.29, 0.717) is 24.7 Å². The van der Waals surface area contributed by atoms with E-state index in [4.69, 9.17) is 4.74 Å². The van der Waals surface area contributed by atoms with Crippen molar-refractivity contribution in [1.29, 1.82) is 0 Å². The molecule has 25 heavy (non-hydrogen) atoms. The van der Waals surface area contributed by atoms with Crippen LogP contribution in [0.1, 0.15) is 16.4 Å². The van der Waals surface area contributed by atoms with Crippen LogP contribution in [-0.4, -0.2) is 33.8 Å². The number of carbonyl (C=O) groups is 1. The third-order valence-corrected chi connectivity index (χ3v) is 3.44. The Morgan fingerprint density at radius 2 is 1.88 bits per heavy atom. The molecule has 0 atom stereocenters. The Morgan fingerprint density at radius 3 is 2.60 bits per heavy atom. The highest BCUT2D eigenvalue weighted by Gasteiger charge is 2.14. The van der Waals surface area contributed by atoms with Crippen molar-refractivity contribution in [3.8, 4) is 11.4 Å². The van der Waals surface area contributed by atoms with Gasteiger partial charge < -0.3 is 10.1 Å². The average Bonchev–Trinajstić information content (AvgIpc) is 3.02. The third-order valence-electron chi connectivity index (χ3n) is 3.44. The first-order chi connectivity index (χ1) is 12.1.